The predicted molar refractivity (Wildman–Crippen MR) is 172 cm³/mol. The van der Waals surface area contributed by atoms with Crippen molar-refractivity contribution in [1.29, 1.82) is 0 Å². The van der Waals surface area contributed by atoms with Crippen molar-refractivity contribution in [2.75, 3.05) is 6.54 Å². The highest BCUT2D eigenvalue weighted by Crippen LogP contribution is 2.34. The van der Waals surface area contributed by atoms with E-state index in [-0.39, 0.29) is 36.6 Å². The van der Waals surface area contributed by atoms with Gasteiger partial charge in [0.15, 0.2) is 0 Å². The van der Waals surface area contributed by atoms with Gasteiger partial charge in [-0.2, -0.15) is 13.9 Å². The molecule has 0 atom stereocenters. The third kappa shape index (κ3) is 8.42. The third-order valence-electron chi connectivity index (χ3n) is 7.94. The summed E-state index contributed by atoms with van der Waals surface area (Å²) >= 11 is 0. The van der Waals surface area contributed by atoms with Crippen LogP contribution in [0.15, 0.2) is 77.9 Å². The van der Waals surface area contributed by atoms with Crippen molar-refractivity contribution in [3.63, 3.8) is 0 Å². The second kappa shape index (κ2) is 14.4. The van der Waals surface area contributed by atoms with Gasteiger partial charge in [0.2, 0.25) is 15.8 Å². The molecule has 0 amide bonds. The van der Waals surface area contributed by atoms with Gasteiger partial charge in [-0.3, -0.25) is 4.79 Å². The van der Waals surface area contributed by atoms with Gasteiger partial charge < -0.3 is 10.8 Å². The number of phenolic OH excluding ortho intramolecular Hbond substituents is 1. The van der Waals surface area contributed by atoms with Gasteiger partial charge in [-0.05, 0) is 91.1 Å². The van der Waals surface area contributed by atoms with Crippen LogP contribution in [0.3, 0.4) is 0 Å². The van der Waals surface area contributed by atoms with E-state index in [2.05, 4.69) is 22.5 Å². The number of benzene rings is 2. The predicted octanol–water partition coefficient (Wildman–Crippen LogP) is 6.09. The smallest absolute Gasteiger partial charge is 0.302 e. The van der Waals surface area contributed by atoms with Crippen molar-refractivity contribution in [3.05, 3.63) is 101 Å². The van der Waals surface area contributed by atoms with Crippen LogP contribution < -0.4 is 10.5 Å². The monoisotopic (exact) mass is 638 g/mol. The lowest BCUT2D eigenvalue weighted by molar-refractivity contribution is -0.140. The van der Waals surface area contributed by atoms with Crippen molar-refractivity contribution >= 4 is 27.1 Å². The highest BCUT2D eigenvalue weighted by molar-refractivity contribution is 7.89. The molecule has 4 N–H and O–H groups in total. The first kappa shape index (κ1) is 34.0. The first-order valence-corrected chi connectivity index (χ1v) is 16.4. The Morgan fingerprint density at radius 1 is 1.13 bits per heavy atom. The highest BCUT2D eigenvalue weighted by atomic mass is 32.2. The Kier molecular flexibility index (Phi) is 10.9. The van der Waals surface area contributed by atoms with Gasteiger partial charge in [0, 0.05) is 38.4 Å². The largest absolute Gasteiger partial charge is 0.507 e. The number of allylic oxidation sites excluding steroid dienone is 5. The fourth-order valence-corrected chi connectivity index (χ4v) is 6.41. The molecule has 0 spiro atoms. The van der Waals surface area contributed by atoms with Crippen LogP contribution in [0.2, 0.25) is 0 Å². The molecule has 45 heavy (non-hydrogen) atoms. The van der Waals surface area contributed by atoms with E-state index in [1.807, 2.05) is 36.0 Å². The van der Waals surface area contributed by atoms with Crippen molar-refractivity contribution < 1.29 is 27.1 Å². The number of aromatic nitrogens is 2. The Balaban J connectivity index is 1.35. The first-order chi connectivity index (χ1) is 21.3. The average molecular weight is 639 g/mol. The van der Waals surface area contributed by atoms with E-state index >= 15 is 0 Å². The number of nitrogens with zero attached hydrogens (tertiary/aromatic N) is 2. The first-order valence-electron chi connectivity index (χ1n) is 15.0. The minimum absolute atomic E-state index is 0.0703. The summed E-state index contributed by atoms with van der Waals surface area (Å²) in [5.74, 6) is -4.29. The molecule has 1 aliphatic heterocycles. The zero-order valence-electron chi connectivity index (χ0n) is 25.7. The number of nitrogens with one attached hydrogen (secondary N) is 1. The summed E-state index contributed by atoms with van der Waals surface area (Å²) in [5, 5.41) is 15.0. The summed E-state index contributed by atoms with van der Waals surface area (Å²) < 4.78 is 56.8. The molecule has 1 aromatic heterocycles. The molecule has 0 unspecified atom stereocenters. The SMILES string of the molecule is C=C(CCCCNS(=O)(=O)c1ccc(CCCC(=O)C(C)(F)F)c(CN)c1)C1=CC(c2ccccc2O)=CCc2c(C)cnn21. The summed E-state index contributed by atoms with van der Waals surface area (Å²) in [5.41, 5.74) is 12.5. The van der Waals surface area contributed by atoms with E-state index in [4.69, 9.17) is 5.73 Å². The number of carbonyl (C=O) groups excluding carboxylic acids is 1. The molecule has 0 aliphatic carbocycles. The minimum atomic E-state index is -3.81. The summed E-state index contributed by atoms with van der Waals surface area (Å²) in [4.78, 5) is 11.6. The number of aromatic hydroxyl groups is 1. The van der Waals surface area contributed by atoms with Crippen LogP contribution in [0, 0.1) is 6.92 Å². The molecule has 3 aromatic rings. The molecular formula is C34H40F2N4O4S. The summed E-state index contributed by atoms with van der Waals surface area (Å²) in [6.07, 6.45) is 8.66. The number of carbonyl (C=O) groups is 1. The lowest BCUT2D eigenvalue weighted by atomic mass is 10.00. The minimum Gasteiger partial charge on any atom is -0.507 e. The Morgan fingerprint density at radius 2 is 1.89 bits per heavy atom. The molecule has 2 aromatic carbocycles. The standard InChI is InChI=1S/C34H40F2N4O4S/c1-23(31-20-26(29-11-4-5-12-32(29)41)15-17-30-24(2)22-38-40(30)31)9-6-7-18-39-45(43,44)28-16-14-25(27(19-28)21-37)10-8-13-33(42)34(3,35)36/h4-5,11-12,14-16,19-20,22,39,41H,1,6-10,13,17-18,21,37H2,2-3H3. The Bertz CT molecular complexity index is 1740. The second-order valence-corrected chi connectivity index (χ2v) is 13.1. The van der Waals surface area contributed by atoms with Gasteiger partial charge >= 0.3 is 5.92 Å². The van der Waals surface area contributed by atoms with Gasteiger partial charge in [-0.1, -0.05) is 36.9 Å². The number of hydrogen-bond donors (Lipinski definition) is 3. The average Bonchev–Trinajstić information content (AvgIpc) is 3.24. The summed E-state index contributed by atoms with van der Waals surface area (Å²) in [6.45, 7) is 7.21. The molecule has 0 saturated carbocycles. The van der Waals surface area contributed by atoms with E-state index in [9.17, 15) is 27.1 Å². The quantitative estimate of drug-likeness (QED) is 0.173. The molecule has 1 aliphatic rings. The lowest BCUT2D eigenvalue weighted by Gasteiger charge is -2.14. The fourth-order valence-electron chi connectivity index (χ4n) is 5.29. The van der Waals surface area contributed by atoms with Crippen LogP contribution >= 0.6 is 0 Å². The van der Waals surface area contributed by atoms with Crippen LogP contribution in [-0.2, 0) is 34.2 Å². The number of phenols is 1. The molecule has 4 rings (SSSR count). The van der Waals surface area contributed by atoms with Gasteiger partial charge in [0.1, 0.15) is 5.75 Å². The zero-order valence-corrected chi connectivity index (χ0v) is 26.5. The number of unbranched alkanes of at least 4 members (excludes halogenated alkanes) is 1. The number of aryl methyl sites for hydroxylation is 2. The van der Waals surface area contributed by atoms with Crippen LogP contribution in [0.25, 0.3) is 11.3 Å². The molecule has 2 heterocycles. The Morgan fingerprint density at radius 3 is 2.60 bits per heavy atom. The lowest BCUT2D eigenvalue weighted by Crippen LogP contribution is -2.25. The van der Waals surface area contributed by atoms with Crippen molar-refractivity contribution in [2.24, 2.45) is 5.73 Å². The number of rotatable bonds is 15. The number of Topliss-reactive ketones (excluding diaryl/α,β-unsaturated/α-hetero) is 1. The molecule has 11 heteroatoms. The number of para-hydroxylation sites is 1. The van der Waals surface area contributed by atoms with E-state index in [1.54, 1.807) is 18.2 Å². The van der Waals surface area contributed by atoms with Crippen molar-refractivity contribution in [1.82, 2.24) is 14.5 Å². The molecule has 8 nitrogen and oxygen atoms in total. The zero-order chi connectivity index (χ0) is 32.8. The van der Waals surface area contributed by atoms with Crippen LogP contribution in [0.5, 0.6) is 5.75 Å². The van der Waals surface area contributed by atoms with Crippen LogP contribution in [0.4, 0.5) is 8.78 Å². The molecule has 0 saturated heterocycles. The number of nitrogens with two attached hydrogens (primary N) is 1. The Hall–Kier alpha value is -3.93. The molecule has 240 valence electrons. The summed E-state index contributed by atoms with van der Waals surface area (Å²) in [7, 11) is -3.81. The van der Waals surface area contributed by atoms with E-state index in [0.717, 1.165) is 39.2 Å². The number of fused-ring (bicyclic) bond motifs is 1. The van der Waals surface area contributed by atoms with Crippen LogP contribution in [0.1, 0.15) is 67.0 Å². The molecule has 0 fully saturated rings. The van der Waals surface area contributed by atoms with E-state index in [1.165, 1.54) is 12.1 Å². The number of alkyl halides is 2. The molecule has 0 radical (unpaired) electrons. The van der Waals surface area contributed by atoms with Gasteiger partial charge in [0.05, 0.1) is 22.5 Å². The molecular weight excluding hydrogens is 598 g/mol. The normalized spacial score (nSPS) is 13.5. The Labute approximate surface area is 263 Å². The highest BCUT2D eigenvalue weighted by Gasteiger charge is 2.31. The van der Waals surface area contributed by atoms with E-state index in [0.29, 0.717) is 44.6 Å². The van der Waals surface area contributed by atoms with Gasteiger partial charge in [0.25, 0.3) is 0 Å². The van der Waals surface area contributed by atoms with Gasteiger partial charge in [-0.25, -0.2) is 17.8 Å². The maximum Gasteiger partial charge on any atom is 0.302 e. The van der Waals surface area contributed by atoms with Gasteiger partial charge in [-0.15, -0.1) is 0 Å². The molecule has 0 bridgehead atoms. The van der Waals surface area contributed by atoms with Crippen molar-refractivity contribution in [3.8, 4) is 5.75 Å². The second-order valence-electron chi connectivity index (χ2n) is 11.4. The maximum atomic E-state index is 13.1. The topological polar surface area (TPSA) is 127 Å². The third-order valence-corrected chi connectivity index (χ3v) is 9.39. The maximum absolute atomic E-state index is 13.1. The fraction of sp³-hybridized carbons (Fsp3) is 0.353. The number of sulfonamides is 1. The van der Waals surface area contributed by atoms with Crippen LogP contribution in [-0.4, -0.2) is 41.6 Å². The number of halogens is 2. The number of ketones is 1. The van der Waals surface area contributed by atoms with Crippen molar-refractivity contribution in [2.45, 2.75) is 76.2 Å². The van der Waals surface area contributed by atoms with E-state index < -0.39 is 21.7 Å². The number of hydrogen-bond acceptors (Lipinski definition) is 6. The summed E-state index contributed by atoms with van der Waals surface area (Å²) in [6, 6.07) is 11.8.